The van der Waals surface area contributed by atoms with Gasteiger partial charge >= 0.3 is 0 Å². The molecule has 0 amide bonds. The first kappa shape index (κ1) is 14.4. The number of likely N-dealkylation sites (N-methyl/N-ethyl adjacent to an activating group) is 1. The van der Waals surface area contributed by atoms with E-state index in [1.165, 1.54) is 24.1 Å². The molecule has 0 aromatic heterocycles. The lowest BCUT2D eigenvalue weighted by Gasteiger charge is -2.24. The molecule has 3 heteroatoms. The topological polar surface area (TPSA) is 24.5 Å². The van der Waals surface area contributed by atoms with Gasteiger partial charge in [-0.15, -0.1) is 0 Å². The molecular formula is C16H26N2O. The van der Waals surface area contributed by atoms with Crippen LogP contribution in [-0.2, 0) is 4.74 Å². The first-order valence-electron chi connectivity index (χ1n) is 7.29. The largest absolute Gasteiger partial charge is 0.377 e. The Morgan fingerprint density at radius 3 is 3.00 bits per heavy atom. The van der Waals surface area contributed by atoms with Crippen molar-refractivity contribution < 1.29 is 4.74 Å². The number of benzene rings is 1. The maximum Gasteiger partial charge on any atom is 0.0726 e. The van der Waals surface area contributed by atoms with Gasteiger partial charge in [-0.2, -0.15) is 0 Å². The number of ether oxygens (including phenoxy) is 1. The molecule has 1 aliphatic heterocycles. The molecule has 0 bridgehead atoms. The van der Waals surface area contributed by atoms with Crippen molar-refractivity contribution >= 4 is 5.69 Å². The monoisotopic (exact) mass is 262 g/mol. The molecule has 2 rings (SSSR count). The Bertz CT molecular complexity index is 388. The predicted octanol–water partition coefficient (Wildman–Crippen LogP) is 2.59. The van der Waals surface area contributed by atoms with Crippen molar-refractivity contribution in [2.75, 3.05) is 31.6 Å². The van der Waals surface area contributed by atoms with E-state index in [0.717, 1.165) is 19.7 Å². The zero-order chi connectivity index (χ0) is 13.7. The van der Waals surface area contributed by atoms with Crippen LogP contribution in [0.5, 0.6) is 0 Å². The van der Waals surface area contributed by atoms with Crippen LogP contribution >= 0.6 is 0 Å². The molecule has 106 valence electrons. The molecule has 1 aromatic carbocycles. The Balaban J connectivity index is 1.72. The fourth-order valence-corrected chi connectivity index (χ4v) is 2.58. The molecule has 3 nitrogen and oxygen atoms in total. The summed E-state index contributed by atoms with van der Waals surface area (Å²) in [6.07, 6.45) is 2.81. The molecule has 1 fully saturated rings. The second-order valence-electron chi connectivity index (χ2n) is 5.55. The van der Waals surface area contributed by atoms with Gasteiger partial charge in [0.2, 0.25) is 0 Å². The van der Waals surface area contributed by atoms with Gasteiger partial charge < -0.3 is 15.0 Å². The van der Waals surface area contributed by atoms with E-state index in [-0.39, 0.29) is 0 Å². The zero-order valence-corrected chi connectivity index (χ0v) is 12.4. The van der Waals surface area contributed by atoms with Crippen LogP contribution in [-0.4, -0.2) is 38.9 Å². The third-order valence-electron chi connectivity index (χ3n) is 3.88. The quantitative estimate of drug-likeness (QED) is 0.853. The van der Waals surface area contributed by atoms with Gasteiger partial charge in [-0.05, 0) is 44.4 Å². The van der Waals surface area contributed by atoms with Crippen LogP contribution in [0.3, 0.4) is 0 Å². The maximum absolute atomic E-state index is 5.70. The van der Waals surface area contributed by atoms with Crippen LogP contribution in [0.15, 0.2) is 24.3 Å². The van der Waals surface area contributed by atoms with Crippen LogP contribution < -0.4 is 10.2 Å². The maximum atomic E-state index is 5.70. The highest BCUT2D eigenvalue weighted by atomic mass is 16.5. The molecular weight excluding hydrogens is 236 g/mol. The minimum Gasteiger partial charge on any atom is -0.377 e. The highest BCUT2D eigenvalue weighted by Gasteiger charge is 2.21. The number of nitrogens with one attached hydrogen (secondary N) is 1. The van der Waals surface area contributed by atoms with E-state index in [4.69, 9.17) is 4.74 Å². The minimum absolute atomic E-state index is 0.407. The van der Waals surface area contributed by atoms with Crippen molar-refractivity contribution in [3.8, 4) is 0 Å². The molecule has 19 heavy (non-hydrogen) atoms. The Labute approximate surface area is 116 Å². The number of rotatable bonds is 6. The van der Waals surface area contributed by atoms with Crippen LogP contribution in [0.4, 0.5) is 5.69 Å². The SMILES string of the molecule is Cc1cccc(N(C)CCNC(C)C2CCCO2)c1. The first-order chi connectivity index (χ1) is 9.16. The highest BCUT2D eigenvalue weighted by molar-refractivity contribution is 5.47. The van der Waals surface area contributed by atoms with E-state index >= 15 is 0 Å². The van der Waals surface area contributed by atoms with Gasteiger partial charge in [0.25, 0.3) is 0 Å². The fourth-order valence-electron chi connectivity index (χ4n) is 2.58. The summed E-state index contributed by atoms with van der Waals surface area (Å²) in [6.45, 7) is 7.30. The third-order valence-corrected chi connectivity index (χ3v) is 3.88. The highest BCUT2D eigenvalue weighted by Crippen LogP contribution is 2.16. The van der Waals surface area contributed by atoms with Crippen LogP contribution in [0.25, 0.3) is 0 Å². The summed E-state index contributed by atoms with van der Waals surface area (Å²) in [5, 5.41) is 3.57. The predicted molar refractivity (Wildman–Crippen MR) is 80.9 cm³/mol. The smallest absolute Gasteiger partial charge is 0.0726 e. The number of anilines is 1. The molecule has 1 aliphatic rings. The normalized spacial score (nSPS) is 20.5. The van der Waals surface area contributed by atoms with E-state index in [9.17, 15) is 0 Å². The van der Waals surface area contributed by atoms with Gasteiger partial charge in [-0.3, -0.25) is 0 Å². The lowest BCUT2D eigenvalue weighted by molar-refractivity contribution is 0.0841. The molecule has 0 radical (unpaired) electrons. The molecule has 1 saturated heterocycles. The molecule has 0 saturated carbocycles. The van der Waals surface area contributed by atoms with Crippen LogP contribution in [0, 0.1) is 6.92 Å². The van der Waals surface area contributed by atoms with Gasteiger partial charge in [0.15, 0.2) is 0 Å². The van der Waals surface area contributed by atoms with Crippen molar-refractivity contribution in [2.45, 2.75) is 38.8 Å². The summed E-state index contributed by atoms with van der Waals surface area (Å²) in [5.41, 5.74) is 2.59. The standard InChI is InChI=1S/C16H26N2O/c1-13-6-4-7-15(12-13)18(3)10-9-17-14(2)16-8-5-11-19-16/h4,6-7,12,14,16-17H,5,8-11H2,1-3H3. The fraction of sp³-hybridized carbons (Fsp3) is 0.625. The molecule has 1 aromatic rings. The van der Waals surface area contributed by atoms with Gasteiger partial charge in [0.1, 0.15) is 0 Å². The van der Waals surface area contributed by atoms with Crippen LogP contribution in [0.2, 0.25) is 0 Å². The number of hydrogen-bond acceptors (Lipinski definition) is 3. The first-order valence-corrected chi connectivity index (χ1v) is 7.29. The van der Waals surface area contributed by atoms with Gasteiger partial charge in [-0.1, -0.05) is 12.1 Å². The zero-order valence-electron chi connectivity index (χ0n) is 12.4. The molecule has 0 spiro atoms. The summed E-state index contributed by atoms with van der Waals surface area (Å²) >= 11 is 0. The summed E-state index contributed by atoms with van der Waals surface area (Å²) in [5.74, 6) is 0. The number of aryl methyl sites for hydroxylation is 1. The molecule has 0 aliphatic carbocycles. The Hall–Kier alpha value is -1.06. The lowest BCUT2D eigenvalue weighted by Crippen LogP contribution is -2.40. The van der Waals surface area contributed by atoms with Crippen molar-refractivity contribution in [2.24, 2.45) is 0 Å². The summed E-state index contributed by atoms with van der Waals surface area (Å²) < 4.78 is 5.70. The Morgan fingerprint density at radius 2 is 2.32 bits per heavy atom. The van der Waals surface area contributed by atoms with Gasteiger partial charge in [0.05, 0.1) is 6.10 Å². The van der Waals surface area contributed by atoms with Crippen LogP contribution in [0.1, 0.15) is 25.3 Å². The summed E-state index contributed by atoms with van der Waals surface area (Å²) in [4.78, 5) is 2.29. The van der Waals surface area contributed by atoms with Crippen molar-refractivity contribution in [3.05, 3.63) is 29.8 Å². The molecule has 1 N–H and O–H groups in total. The average Bonchev–Trinajstić information content (AvgIpc) is 2.92. The lowest BCUT2D eigenvalue weighted by atomic mass is 10.1. The average molecular weight is 262 g/mol. The van der Waals surface area contributed by atoms with E-state index in [1.54, 1.807) is 0 Å². The number of hydrogen-bond donors (Lipinski definition) is 1. The van der Waals surface area contributed by atoms with E-state index in [2.05, 4.69) is 55.4 Å². The molecule has 2 unspecified atom stereocenters. The van der Waals surface area contributed by atoms with Gasteiger partial charge in [-0.25, -0.2) is 0 Å². The van der Waals surface area contributed by atoms with E-state index < -0.39 is 0 Å². The van der Waals surface area contributed by atoms with Gasteiger partial charge in [0, 0.05) is 38.5 Å². The Morgan fingerprint density at radius 1 is 1.47 bits per heavy atom. The van der Waals surface area contributed by atoms with Crippen molar-refractivity contribution in [1.29, 1.82) is 0 Å². The Kier molecular flexibility index (Phi) is 5.23. The summed E-state index contributed by atoms with van der Waals surface area (Å²) in [7, 11) is 2.15. The van der Waals surface area contributed by atoms with Crippen molar-refractivity contribution in [3.63, 3.8) is 0 Å². The molecule has 1 heterocycles. The molecule has 2 atom stereocenters. The van der Waals surface area contributed by atoms with Crippen molar-refractivity contribution in [1.82, 2.24) is 5.32 Å². The summed E-state index contributed by atoms with van der Waals surface area (Å²) in [6, 6.07) is 9.09. The third kappa shape index (κ3) is 4.22. The van der Waals surface area contributed by atoms with E-state index in [1.807, 2.05) is 0 Å². The second kappa shape index (κ2) is 6.92. The minimum atomic E-state index is 0.407. The second-order valence-corrected chi connectivity index (χ2v) is 5.55. The number of nitrogens with zero attached hydrogens (tertiary/aromatic N) is 1. The van der Waals surface area contributed by atoms with E-state index in [0.29, 0.717) is 12.1 Å².